The Morgan fingerprint density at radius 3 is 2.60 bits per heavy atom. The molecule has 0 aliphatic heterocycles. The van der Waals surface area contributed by atoms with Crippen molar-refractivity contribution in [1.82, 2.24) is 0 Å². The Morgan fingerprint density at radius 2 is 2.07 bits per heavy atom. The molecule has 2 heteroatoms. The summed E-state index contributed by atoms with van der Waals surface area (Å²) in [6, 6.07) is 0. The van der Waals surface area contributed by atoms with Crippen molar-refractivity contribution in [3.8, 4) is 0 Å². The molecule has 3 aliphatic rings. The molecule has 0 aromatic carbocycles. The molecule has 0 aromatic heterocycles. The Balaban J connectivity index is 2.02. The Bertz CT molecular complexity index is 225. The van der Waals surface area contributed by atoms with Crippen LogP contribution < -0.4 is 0 Å². The van der Waals surface area contributed by atoms with Crippen molar-refractivity contribution in [3.63, 3.8) is 0 Å². The average molecular weight is 212 g/mol. The van der Waals surface area contributed by atoms with E-state index in [1.54, 1.807) is 7.11 Å². The molecular formula is C13H24O2. The van der Waals surface area contributed by atoms with Crippen molar-refractivity contribution in [3.05, 3.63) is 0 Å². The smallest absolute Gasteiger partial charge is 0.0465 e. The van der Waals surface area contributed by atoms with E-state index < -0.39 is 0 Å². The van der Waals surface area contributed by atoms with Crippen molar-refractivity contribution in [1.29, 1.82) is 0 Å². The van der Waals surface area contributed by atoms with E-state index in [1.807, 2.05) is 0 Å². The summed E-state index contributed by atoms with van der Waals surface area (Å²) in [6.07, 6.45) is 3.74. The van der Waals surface area contributed by atoms with Crippen LogP contribution >= 0.6 is 0 Å². The topological polar surface area (TPSA) is 29.5 Å². The number of aliphatic hydroxyl groups excluding tert-OH is 1. The van der Waals surface area contributed by atoms with Gasteiger partial charge in [0.1, 0.15) is 0 Å². The lowest BCUT2D eigenvalue weighted by Crippen LogP contribution is -2.56. The molecule has 0 spiro atoms. The molecule has 15 heavy (non-hydrogen) atoms. The highest BCUT2D eigenvalue weighted by Gasteiger charge is 2.56. The van der Waals surface area contributed by atoms with Gasteiger partial charge in [-0.05, 0) is 48.3 Å². The number of aliphatic hydroxyl groups is 1. The first-order chi connectivity index (χ1) is 7.11. The standard InChI is InChI=1S/C13H24O2/c1-13(2)10-6-9(8-14)11(4-5-15-3)12(13)7-10/h9-12,14H,4-8H2,1-3H3/t9-,10-,11-,12+/m0/s1. The van der Waals surface area contributed by atoms with Crippen molar-refractivity contribution < 1.29 is 9.84 Å². The van der Waals surface area contributed by atoms with E-state index in [9.17, 15) is 5.11 Å². The molecule has 0 radical (unpaired) electrons. The van der Waals surface area contributed by atoms with Gasteiger partial charge in [-0.3, -0.25) is 0 Å². The Kier molecular flexibility index (Phi) is 3.09. The predicted molar refractivity (Wildman–Crippen MR) is 60.6 cm³/mol. The SMILES string of the molecule is COCC[C@H]1[C@H](CO)C[C@H]2C[C@H]1C2(C)C. The lowest BCUT2D eigenvalue weighted by Gasteiger charge is -2.62. The summed E-state index contributed by atoms with van der Waals surface area (Å²) < 4.78 is 5.19. The van der Waals surface area contributed by atoms with Gasteiger partial charge in [0.2, 0.25) is 0 Å². The molecule has 0 aromatic rings. The first-order valence-corrected chi connectivity index (χ1v) is 6.21. The molecule has 0 unspecified atom stereocenters. The third-order valence-corrected chi connectivity index (χ3v) is 5.15. The van der Waals surface area contributed by atoms with Crippen LogP contribution in [-0.4, -0.2) is 25.4 Å². The van der Waals surface area contributed by atoms with Gasteiger partial charge in [0.15, 0.2) is 0 Å². The van der Waals surface area contributed by atoms with E-state index in [4.69, 9.17) is 4.74 Å². The maximum atomic E-state index is 9.43. The second kappa shape index (κ2) is 4.06. The summed E-state index contributed by atoms with van der Waals surface area (Å²) in [5.74, 6) is 2.91. The summed E-state index contributed by atoms with van der Waals surface area (Å²) in [5, 5.41) is 9.43. The first-order valence-electron chi connectivity index (χ1n) is 6.21. The zero-order valence-electron chi connectivity index (χ0n) is 10.2. The van der Waals surface area contributed by atoms with Crippen molar-refractivity contribution >= 4 is 0 Å². The van der Waals surface area contributed by atoms with E-state index in [-0.39, 0.29) is 0 Å². The minimum absolute atomic E-state index is 0.372. The summed E-state index contributed by atoms with van der Waals surface area (Å²) in [7, 11) is 1.77. The zero-order valence-corrected chi connectivity index (χ0v) is 10.2. The molecule has 0 amide bonds. The van der Waals surface area contributed by atoms with E-state index in [1.165, 1.54) is 12.8 Å². The quantitative estimate of drug-likeness (QED) is 0.775. The molecule has 88 valence electrons. The van der Waals surface area contributed by atoms with Crippen LogP contribution in [0.1, 0.15) is 33.1 Å². The normalized spacial score (nSPS) is 42.4. The highest BCUT2D eigenvalue weighted by molar-refractivity contribution is 5.05. The van der Waals surface area contributed by atoms with Crippen molar-refractivity contribution in [2.75, 3.05) is 20.3 Å². The minimum Gasteiger partial charge on any atom is -0.396 e. The van der Waals surface area contributed by atoms with Crippen LogP contribution in [0.5, 0.6) is 0 Å². The molecule has 3 fully saturated rings. The number of ether oxygens (including phenoxy) is 1. The van der Waals surface area contributed by atoms with Gasteiger partial charge in [0.05, 0.1) is 0 Å². The predicted octanol–water partition coefficient (Wildman–Crippen LogP) is 2.31. The van der Waals surface area contributed by atoms with Crippen LogP contribution in [-0.2, 0) is 4.74 Å². The van der Waals surface area contributed by atoms with E-state index >= 15 is 0 Å². The molecule has 1 N–H and O–H groups in total. The Morgan fingerprint density at radius 1 is 1.33 bits per heavy atom. The maximum Gasteiger partial charge on any atom is 0.0465 e. The minimum atomic E-state index is 0.372. The van der Waals surface area contributed by atoms with Gasteiger partial charge in [0.25, 0.3) is 0 Å². The number of hydrogen-bond acceptors (Lipinski definition) is 2. The highest BCUT2D eigenvalue weighted by Crippen LogP contribution is 2.63. The fourth-order valence-corrected chi connectivity index (χ4v) is 3.95. The molecular weight excluding hydrogens is 188 g/mol. The van der Waals surface area contributed by atoms with Crippen LogP contribution in [0.15, 0.2) is 0 Å². The molecule has 3 saturated carbocycles. The van der Waals surface area contributed by atoms with Crippen LogP contribution in [0.2, 0.25) is 0 Å². The van der Waals surface area contributed by atoms with Gasteiger partial charge < -0.3 is 9.84 Å². The molecule has 4 atom stereocenters. The van der Waals surface area contributed by atoms with E-state index in [0.29, 0.717) is 23.9 Å². The first kappa shape index (κ1) is 11.4. The molecule has 3 rings (SSSR count). The van der Waals surface area contributed by atoms with Gasteiger partial charge in [-0.1, -0.05) is 13.8 Å². The number of fused-ring (bicyclic) bond motifs is 2. The van der Waals surface area contributed by atoms with Gasteiger partial charge in [-0.15, -0.1) is 0 Å². The van der Waals surface area contributed by atoms with Gasteiger partial charge in [0, 0.05) is 20.3 Å². The van der Waals surface area contributed by atoms with Crippen molar-refractivity contribution in [2.45, 2.75) is 33.1 Å². The van der Waals surface area contributed by atoms with Crippen LogP contribution in [0.25, 0.3) is 0 Å². The molecule has 0 heterocycles. The number of methoxy groups -OCH3 is 1. The maximum absolute atomic E-state index is 9.43. The van der Waals surface area contributed by atoms with Crippen LogP contribution in [0.3, 0.4) is 0 Å². The summed E-state index contributed by atoms with van der Waals surface area (Å²) in [4.78, 5) is 0. The zero-order chi connectivity index (χ0) is 11.1. The van der Waals surface area contributed by atoms with Crippen molar-refractivity contribution in [2.24, 2.45) is 29.1 Å². The Hall–Kier alpha value is -0.0800. The molecule has 2 bridgehead atoms. The van der Waals surface area contributed by atoms with Crippen LogP contribution in [0, 0.1) is 29.1 Å². The third kappa shape index (κ3) is 1.72. The number of hydrogen-bond donors (Lipinski definition) is 1. The third-order valence-electron chi connectivity index (χ3n) is 5.15. The summed E-state index contributed by atoms with van der Waals surface area (Å²) in [5.41, 5.74) is 0.518. The van der Waals surface area contributed by atoms with Gasteiger partial charge in [-0.25, -0.2) is 0 Å². The average Bonchev–Trinajstić information content (AvgIpc) is 2.25. The highest BCUT2D eigenvalue weighted by atomic mass is 16.5. The molecule has 3 aliphatic carbocycles. The number of rotatable bonds is 4. The lowest BCUT2D eigenvalue weighted by molar-refractivity contribution is -0.147. The van der Waals surface area contributed by atoms with E-state index in [2.05, 4.69) is 13.8 Å². The lowest BCUT2D eigenvalue weighted by atomic mass is 9.43. The van der Waals surface area contributed by atoms with E-state index in [0.717, 1.165) is 24.9 Å². The second-order valence-corrected chi connectivity index (χ2v) is 5.98. The largest absolute Gasteiger partial charge is 0.396 e. The second-order valence-electron chi connectivity index (χ2n) is 5.98. The summed E-state index contributed by atoms with van der Waals surface area (Å²) in [6.45, 7) is 6.02. The van der Waals surface area contributed by atoms with Gasteiger partial charge in [-0.2, -0.15) is 0 Å². The molecule has 0 saturated heterocycles. The van der Waals surface area contributed by atoms with Crippen LogP contribution in [0.4, 0.5) is 0 Å². The monoisotopic (exact) mass is 212 g/mol. The molecule has 2 nitrogen and oxygen atoms in total. The summed E-state index contributed by atoms with van der Waals surface area (Å²) >= 11 is 0. The fraction of sp³-hybridized carbons (Fsp3) is 1.00. The Labute approximate surface area is 93.0 Å². The fourth-order valence-electron chi connectivity index (χ4n) is 3.95. The van der Waals surface area contributed by atoms with Gasteiger partial charge >= 0.3 is 0 Å².